The zero-order valence-electron chi connectivity index (χ0n) is 10.3. The van der Waals surface area contributed by atoms with Gasteiger partial charge in [0, 0.05) is 10.0 Å². The highest BCUT2D eigenvalue weighted by Crippen LogP contribution is 2.31. The highest BCUT2D eigenvalue weighted by molar-refractivity contribution is 9.10. The van der Waals surface area contributed by atoms with Crippen molar-refractivity contribution in [2.75, 3.05) is 7.05 Å². The van der Waals surface area contributed by atoms with E-state index in [0.29, 0.717) is 0 Å². The van der Waals surface area contributed by atoms with Crippen LogP contribution in [0.15, 0.2) is 39.2 Å². The molecule has 1 aromatic carbocycles. The number of nitrogens with one attached hydrogen (secondary N) is 1. The largest absolute Gasteiger partial charge is 0.459 e. The summed E-state index contributed by atoms with van der Waals surface area (Å²) >= 11 is 3.57. The summed E-state index contributed by atoms with van der Waals surface area (Å²) in [6.45, 7) is 4.15. The Bertz CT molecular complexity index is 519. The normalized spacial score (nSPS) is 12.7. The van der Waals surface area contributed by atoms with E-state index in [2.05, 4.69) is 53.3 Å². The van der Waals surface area contributed by atoms with Crippen LogP contribution < -0.4 is 5.32 Å². The number of halogens is 1. The van der Waals surface area contributed by atoms with Crippen LogP contribution in [0.3, 0.4) is 0 Å². The third-order valence-electron chi connectivity index (χ3n) is 2.88. The van der Waals surface area contributed by atoms with Crippen LogP contribution in [0.1, 0.15) is 24.3 Å². The molecule has 2 rings (SSSR count). The lowest BCUT2D eigenvalue weighted by molar-refractivity contribution is 0.458. The van der Waals surface area contributed by atoms with Gasteiger partial charge in [-0.3, -0.25) is 0 Å². The molecule has 1 unspecified atom stereocenters. The van der Waals surface area contributed by atoms with Crippen molar-refractivity contribution in [3.05, 3.63) is 46.1 Å². The number of aryl methyl sites for hydroxylation is 1. The van der Waals surface area contributed by atoms with E-state index in [0.717, 1.165) is 21.6 Å². The first kappa shape index (κ1) is 12.4. The lowest BCUT2D eigenvalue weighted by atomic mass is 10.1. The maximum atomic E-state index is 5.85. The fraction of sp³-hybridized carbons (Fsp3) is 0.286. The fourth-order valence-electron chi connectivity index (χ4n) is 1.69. The van der Waals surface area contributed by atoms with Gasteiger partial charge in [0.15, 0.2) is 0 Å². The Morgan fingerprint density at radius 3 is 2.65 bits per heavy atom. The van der Waals surface area contributed by atoms with Gasteiger partial charge in [-0.1, -0.05) is 22.0 Å². The van der Waals surface area contributed by atoms with Crippen molar-refractivity contribution >= 4 is 15.9 Å². The molecule has 0 aliphatic carbocycles. The second-order valence-corrected chi connectivity index (χ2v) is 5.05. The average Bonchev–Trinajstić information content (AvgIpc) is 2.77. The van der Waals surface area contributed by atoms with E-state index < -0.39 is 0 Å². The van der Waals surface area contributed by atoms with Crippen molar-refractivity contribution in [2.24, 2.45) is 0 Å². The second-order valence-electron chi connectivity index (χ2n) is 4.20. The average molecular weight is 294 g/mol. The zero-order chi connectivity index (χ0) is 12.4. The van der Waals surface area contributed by atoms with E-state index in [1.807, 2.05) is 19.2 Å². The minimum absolute atomic E-state index is 0.230. The molecule has 90 valence electrons. The van der Waals surface area contributed by atoms with Crippen molar-refractivity contribution in [3.8, 4) is 11.3 Å². The minimum Gasteiger partial charge on any atom is -0.459 e. The van der Waals surface area contributed by atoms with E-state index in [1.165, 1.54) is 5.56 Å². The predicted octanol–water partition coefficient (Wildman–Crippen LogP) is 4.30. The van der Waals surface area contributed by atoms with Gasteiger partial charge in [0.2, 0.25) is 0 Å². The van der Waals surface area contributed by atoms with E-state index >= 15 is 0 Å². The van der Waals surface area contributed by atoms with Gasteiger partial charge >= 0.3 is 0 Å². The fourth-order valence-corrected chi connectivity index (χ4v) is 2.38. The third-order valence-corrected chi connectivity index (χ3v) is 3.53. The van der Waals surface area contributed by atoms with Gasteiger partial charge in [-0.25, -0.2) is 0 Å². The standard InChI is InChI=1S/C14H16BrNO/c1-9-4-5-11(12(15)8-9)14-7-6-13(17-14)10(2)16-3/h4-8,10,16H,1-3H3. The second kappa shape index (κ2) is 5.07. The molecular weight excluding hydrogens is 278 g/mol. The highest BCUT2D eigenvalue weighted by Gasteiger charge is 2.11. The smallest absolute Gasteiger partial charge is 0.135 e. The molecule has 0 aliphatic heterocycles. The van der Waals surface area contributed by atoms with Gasteiger partial charge < -0.3 is 9.73 Å². The lowest BCUT2D eigenvalue weighted by Gasteiger charge is -2.06. The van der Waals surface area contributed by atoms with Crippen molar-refractivity contribution in [3.63, 3.8) is 0 Å². The van der Waals surface area contributed by atoms with Crippen LogP contribution in [-0.2, 0) is 0 Å². The third kappa shape index (κ3) is 2.61. The quantitative estimate of drug-likeness (QED) is 0.913. The Morgan fingerprint density at radius 2 is 2.00 bits per heavy atom. The number of hydrogen-bond acceptors (Lipinski definition) is 2. The SMILES string of the molecule is CNC(C)c1ccc(-c2ccc(C)cc2Br)o1. The molecule has 0 spiro atoms. The summed E-state index contributed by atoms with van der Waals surface area (Å²) in [7, 11) is 1.93. The molecule has 0 aliphatic rings. The number of furan rings is 1. The Morgan fingerprint density at radius 1 is 1.24 bits per heavy atom. The molecule has 2 nitrogen and oxygen atoms in total. The van der Waals surface area contributed by atoms with Gasteiger partial charge in [-0.05, 0) is 50.7 Å². The molecule has 17 heavy (non-hydrogen) atoms. The Kier molecular flexibility index (Phi) is 3.69. The van der Waals surface area contributed by atoms with Gasteiger partial charge in [0.25, 0.3) is 0 Å². The van der Waals surface area contributed by atoms with Crippen molar-refractivity contribution in [1.82, 2.24) is 5.32 Å². The van der Waals surface area contributed by atoms with E-state index in [4.69, 9.17) is 4.42 Å². The van der Waals surface area contributed by atoms with E-state index in [1.54, 1.807) is 0 Å². The van der Waals surface area contributed by atoms with Crippen LogP contribution in [0.4, 0.5) is 0 Å². The minimum atomic E-state index is 0.230. The van der Waals surface area contributed by atoms with Crippen LogP contribution in [0, 0.1) is 6.92 Å². The Hall–Kier alpha value is -1.06. The first-order valence-electron chi connectivity index (χ1n) is 5.65. The van der Waals surface area contributed by atoms with E-state index in [-0.39, 0.29) is 6.04 Å². The van der Waals surface area contributed by atoms with Gasteiger partial charge in [-0.15, -0.1) is 0 Å². The molecule has 0 saturated heterocycles. The summed E-state index contributed by atoms with van der Waals surface area (Å²) in [6.07, 6.45) is 0. The van der Waals surface area contributed by atoms with E-state index in [9.17, 15) is 0 Å². The summed E-state index contributed by atoms with van der Waals surface area (Å²) in [5.41, 5.74) is 2.32. The first-order valence-corrected chi connectivity index (χ1v) is 6.44. The Labute approximate surface area is 110 Å². The molecule has 1 N–H and O–H groups in total. The zero-order valence-corrected chi connectivity index (χ0v) is 11.8. The number of benzene rings is 1. The highest BCUT2D eigenvalue weighted by atomic mass is 79.9. The van der Waals surface area contributed by atoms with Gasteiger partial charge in [-0.2, -0.15) is 0 Å². The molecule has 1 aromatic heterocycles. The van der Waals surface area contributed by atoms with Gasteiger partial charge in [0.1, 0.15) is 11.5 Å². The summed E-state index contributed by atoms with van der Waals surface area (Å²) < 4.78 is 6.92. The molecule has 0 fully saturated rings. The van der Waals surface area contributed by atoms with Crippen LogP contribution in [0.5, 0.6) is 0 Å². The molecule has 1 heterocycles. The first-order chi connectivity index (χ1) is 8.11. The van der Waals surface area contributed by atoms with Crippen LogP contribution >= 0.6 is 15.9 Å². The summed E-state index contributed by atoms with van der Waals surface area (Å²) in [6, 6.07) is 10.5. The van der Waals surface area contributed by atoms with Crippen LogP contribution in [0.2, 0.25) is 0 Å². The lowest BCUT2D eigenvalue weighted by Crippen LogP contribution is -2.10. The summed E-state index contributed by atoms with van der Waals surface area (Å²) in [5.74, 6) is 1.85. The maximum absolute atomic E-state index is 5.85. The monoisotopic (exact) mass is 293 g/mol. The van der Waals surface area contributed by atoms with Crippen LogP contribution in [-0.4, -0.2) is 7.05 Å². The van der Waals surface area contributed by atoms with Gasteiger partial charge in [0.05, 0.1) is 6.04 Å². The molecule has 0 amide bonds. The predicted molar refractivity (Wildman–Crippen MR) is 74.1 cm³/mol. The summed E-state index contributed by atoms with van der Waals surface area (Å²) in [4.78, 5) is 0. The van der Waals surface area contributed by atoms with Crippen LogP contribution in [0.25, 0.3) is 11.3 Å². The molecule has 2 aromatic rings. The maximum Gasteiger partial charge on any atom is 0.135 e. The Balaban J connectivity index is 2.37. The number of hydrogen-bond donors (Lipinski definition) is 1. The van der Waals surface area contributed by atoms with Crippen molar-refractivity contribution < 1.29 is 4.42 Å². The number of rotatable bonds is 3. The van der Waals surface area contributed by atoms with Crippen molar-refractivity contribution in [1.29, 1.82) is 0 Å². The topological polar surface area (TPSA) is 25.2 Å². The molecule has 0 saturated carbocycles. The molecule has 0 radical (unpaired) electrons. The summed E-state index contributed by atoms with van der Waals surface area (Å²) in [5, 5.41) is 3.16. The molecule has 3 heteroatoms. The van der Waals surface area contributed by atoms with Crippen molar-refractivity contribution in [2.45, 2.75) is 19.9 Å². The molecular formula is C14H16BrNO. The molecule has 0 bridgehead atoms. The molecule has 1 atom stereocenters.